The average Bonchev–Trinajstić information content (AvgIpc) is 2.79. The first-order chi connectivity index (χ1) is 8.38. The number of piperazine rings is 1. The molecule has 0 bridgehead atoms. The molecule has 0 spiro atoms. The van der Waals surface area contributed by atoms with Gasteiger partial charge in [0.1, 0.15) is 5.82 Å². The number of aromatic amines is 1. The molecule has 1 fully saturated rings. The summed E-state index contributed by atoms with van der Waals surface area (Å²) in [4.78, 5) is 10.4. The molecule has 0 amide bonds. The minimum atomic E-state index is 1.08. The normalized spacial score (nSPS) is 17.5. The van der Waals surface area contributed by atoms with Crippen molar-refractivity contribution in [3.63, 3.8) is 0 Å². The quantitative estimate of drug-likeness (QED) is 0.780. The first-order valence-corrected chi connectivity index (χ1v) is 6.84. The third kappa shape index (κ3) is 4.13. The summed E-state index contributed by atoms with van der Waals surface area (Å²) in [5, 5.41) is 3.38. The second kappa shape index (κ2) is 6.77. The van der Waals surface area contributed by atoms with Crippen LogP contribution in [0, 0.1) is 0 Å². The molecule has 2 N–H and O–H groups in total. The Morgan fingerprint density at radius 3 is 2.88 bits per heavy atom. The van der Waals surface area contributed by atoms with Gasteiger partial charge in [-0.3, -0.25) is 0 Å². The molecule has 96 valence electrons. The lowest BCUT2D eigenvalue weighted by Gasteiger charge is -2.26. The summed E-state index contributed by atoms with van der Waals surface area (Å²) in [5.74, 6) is 1.16. The highest BCUT2D eigenvalue weighted by Gasteiger charge is 2.09. The number of hydrogen-bond acceptors (Lipinski definition) is 3. The molecule has 17 heavy (non-hydrogen) atoms. The Labute approximate surface area is 104 Å². The van der Waals surface area contributed by atoms with Gasteiger partial charge in [-0.25, -0.2) is 4.98 Å². The van der Waals surface area contributed by atoms with Gasteiger partial charge in [0.2, 0.25) is 0 Å². The van der Waals surface area contributed by atoms with Crippen LogP contribution in [0.5, 0.6) is 0 Å². The molecule has 2 rings (SSSR count). The van der Waals surface area contributed by atoms with Crippen molar-refractivity contribution in [2.45, 2.75) is 32.6 Å². The lowest BCUT2D eigenvalue weighted by atomic mass is 10.2. The highest BCUT2D eigenvalue weighted by atomic mass is 15.2. The molecule has 0 unspecified atom stereocenters. The number of aromatic nitrogens is 2. The Morgan fingerprint density at radius 2 is 2.12 bits per heavy atom. The number of nitrogens with one attached hydrogen (secondary N) is 2. The second-order valence-electron chi connectivity index (χ2n) is 4.80. The minimum absolute atomic E-state index is 1.08. The smallest absolute Gasteiger partial charge is 0.106 e. The van der Waals surface area contributed by atoms with Crippen LogP contribution in [0.2, 0.25) is 0 Å². The number of rotatable bonds is 6. The van der Waals surface area contributed by atoms with Crippen molar-refractivity contribution in [2.24, 2.45) is 0 Å². The third-order valence-electron chi connectivity index (χ3n) is 3.30. The van der Waals surface area contributed by atoms with Crippen LogP contribution in [-0.4, -0.2) is 47.6 Å². The summed E-state index contributed by atoms with van der Waals surface area (Å²) in [7, 11) is 0. The fraction of sp³-hybridized carbons (Fsp3) is 0.769. The van der Waals surface area contributed by atoms with E-state index < -0.39 is 0 Å². The molecule has 1 aliphatic rings. The zero-order valence-corrected chi connectivity index (χ0v) is 10.8. The standard InChI is InChI=1S/C13H24N4/c1-2-4-12-11-15-13(16-12)5-3-8-17-9-6-14-7-10-17/h11,14H,2-10H2,1H3,(H,15,16). The number of imidazole rings is 1. The van der Waals surface area contributed by atoms with Crippen molar-refractivity contribution in [2.75, 3.05) is 32.7 Å². The molecular weight excluding hydrogens is 212 g/mol. The van der Waals surface area contributed by atoms with Crippen molar-refractivity contribution in [3.05, 3.63) is 17.7 Å². The number of hydrogen-bond donors (Lipinski definition) is 2. The molecule has 1 aromatic heterocycles. The predicted octanol–water partition coefficient (Wildman–Crippen LogP) is 1.20. The van der Waals surface area contributed by atoms with E-state index in [0.29, 0.717) is 0 Å². The van der Waals surface area contributed by atoms with E-state index in [-0.39, 0.29) is 0 Å². The molecular formula is C13H24N4. The highest BCUT2D eigenvalue weighted by molar-refractivity contribution is 5.01. The molecule has 4 heteroatoms. The zero-order chi connectivity index (χ0) is 11.9. The molecule has 0 atom stereocenters. The topological polar surface area (TPSA) is 44.0 Å². The van der Waals surface area contributed by atoms with Gasteiger partial charge in [-0.2, -0.15) is 0 Å². The van der Waals surface area contributed by atoms with Crippen molar-refractivity contribution < 1.29 is 0 Å². The van der Waals surface area contributed by atoms with E-state index in [4.69, 9.17) is 0 Å². The average molecular weight is 236 g/mol. The summed E-state index contributed by atoms with van der Waals surface area (Å²) in [6.07, 6.45) is 6.57. The second-order valence-corrected chi connectivity index (χ2v) is 4.80. The van der Waals surface area contributed by atoms with Gasteiger partial charge in [0.15, 0.2) is 0 Å². The summed E-state index contributed by atoms with van der Waals surface area (Å²) < 4.78 is 0. The molecule has 0 radical (unpaired) electrons. The Morgan fingerprint density at radius 1 is 1.29 bits per heavy atom. The number of aryl methyl sites for hydroxylation is 2. The molecule has 1 saturated heterocycles. The minimum Gasteiger partial charge on any atom is -0.346 e. The molecule has 0 aromatic carbocycles. The monoisotopic (exact) mass is 236 g/mol. The first kappa shape index (κ1) is 12.6. The van der Waals surface area contributed by atoms with Gasteiger partial charge in [0.25, 0.3) is 0 Å². The molecule has 1 aliphatic heterocycles. The van der Waals surface area contributed by atoms with Crippen LogP contribution in [0.25, 0.3) is 0 Å². The van der Waals surface area contributed by atoms with Gasteiger partial charge in [0.05, 0.1) is 0 Å². The highest BCUT2D eigenvalue weighted by Crippen LogP contribution is 2.04. The van der Waals surface area contributed by atoms with Gasteiger partial charge in [-0.05, 0) is 19.4 Å². The summed E-state index contributed by atoms with van der Waals surface area (Å²) in [6.45, 7) is 8.07. The molecule has 2 heterocycles. The van der Waals surface area contributed by atoms with Crippen LogP contribution in [0.4, 0.5) is 0 Å². The fourth-order valence-corrected chi connectivity index (χ4v) is 2.33. The number of H-pyrrole nitrogens is 1. The first-order valence-electron chi connectivity index (χ1n) is 6.84. The number of nitrogens with zero attached hydrogens (tertiary/aromatic N) is 2. The Kier molecular flexibility index (Phi) is 5.01. The van der Waals surface area contributed by atoms with Crippen LogP contribution >= 0.6 is 0 Å². The summed E-state index contributed by atoms with van der Waals surface area (Å²) >= 11 is 0. The fourth-order valence-electron chi connectivity index (χ4n) is 2.33. The Balaban J connectivity index is 1.66. The summed E-state index contributed by atoms with van der Waals surface area (Å²) in [5.41, 5.74) is 1.28. The van der Waals surface area contributed by atoms with E-state index in [0.717, 1.165) is 31.8 Å². The largest absolute Gasteiger partial charge is 0.346 e. The van der Waals surface area contributed by atoms with Crippen molar-refractivity contribution in [1.29, 1.82) is 0 Å². The lowest BCUT2D eigenvalue weighted by Crippen LogP contribution is -2.43. The molecule has 4 nitrogen and oxygen atoms in total. The molecule has 1 aromatic rings. The third-order valence-corrected chi connectivity index (χ3v) is 3.30. The summed E-state index contributed by atoms with van der Waals surface area (Å²) in [6, 6.07) is 0. The van der Waals surface area contributed by atoms with E-state index in [2.05, 4.69) is 27.1 Å². The van der Waals surface area contributed by atoms with Gasteiger partial charge in [-0.1, -0.05) is 13.3 Å². The van der Waals surface area contributed by atoms with Gasteiger partial charge in [0, 0.05) is 44.5 Å². The van der Waals surface area contributed by atoms with E-state index in [9.17, 15) is 0 Å². The van der Waals surface area contributed by atoms with Crippen LogP contribution in [0.1, 0.15) is 31.3 Å². The van der Waals surface area contributed by atoms with Gasteiger partial charge in [-0.15, -0.1) is 0 Å². The van der Waals surface area contributed by atoms with Gasteiger partial charge >= 0.3 is 0 Å². The predicted molar refractivity (Wildman–Crippen MR) is 70.2 cm³/mol. The lowest BCUT2D eigenvalue weighted by molar-refractivity contribution is 0.238. The maximum Gasteiger partial charge on any atom is 0.106 e. The van der Waals surface area contributed by atoms with Crippen molar-refractivity contribution >= 4 is 0 Å². The van der Waals surface area contributed by atoms with E-state index in [1.165, 1.54) is 38.2 Å². The molecule has 0 saturated carbocycles. The van der Waals surface area contributed by atoms with E-state index in [1.807, 2.05) is 6.20 Å². The Hall–Kier alpha value is -0.870. The van der Waals surface area contributed by atoms with Crippen LogP contribution in [0.15, 0.2) is 6.20 Å². The van der Waals surface area contributed by atoms with Crippen LogP contribution in [-0.2, 0) is 12.8 Å². The molecule has 0 aliphatic carbocycles. The maximum absolute atomic E-state index is 4.43. The van der Waals surface area contributed by atoms with E-state index >= 15 is 0 Å². The van der Waals surface area contributed by atoms with Crippen molar-refractivity contribution in [1.82, 2.24) is 20.2 Å². The SMILES string of the molecule is CCCc1cnc(CCCN2CCNCC2)[nH]1. The maximum atomic E-state index is 4.43. The van der Waals surface area contributed by atoms with Crippen LogP contribution in [0.3, 0.4) is 0 Å². The Bertz CT molecular complexity index is 315. The van der Waals surface area contributed by atoms with Crippen molar-refractivity contribution in [3.8, 4) is 0 Å². The van der Waals surface area contributed by atoms with E-state index in [1.54, 1.807) is 0 Å². The zero-order valence-electron chi connectivity index (χ0n) is 10.8. The van der Waals surface area contributed by atoms with Gasteiger partial charge < -0.3 is 15.2 Å². The van der Waals surface area contributed by atoms with Crippen LogP contribution < -0.4 is 5.32 Å².